The summed E-state index contributed by atoms with van der Waals surface area (Å²) in [6.07, 6.45) is 3.56. The van der Waals surface area contributed by atoms with Gasteiger partial charge in [-0.1, -0.05) is 30.3 Å². The molecule has 10 heteroatoms. The van der Waals surface area contributed by atoms with Crippen LogP contribution in [0.3, 0.4) is 0 Å². The molecular weight excluding hydrogens is 531 g/mol. The van der Waals surface area contributed by atoms with Crippen LogP contribution in [0, 0.1) is 5.92 Å². The number of ether oxygens (including phenoxy) is 1. The van der Waals surface area contributed by atoms with Crippen LogP contribution in [-0.2, 0) is 6.42 Å². The third kappa shape index (κ3) is 3.61. The highest BCUT2D eigenvalue weighted by Gasteiger charge is 2.55. The van der Waals surface area contributed by atoms with Crippen molar-refractivity contribution in [2.75, 3.05) is 6.61 Å². The maximum Gasteiger partial charge on any atom is 0.251 e. The van der Waals surface area contributed by atoms with E-state index in [0.29, 0.717) is 29.3 Å². The van der Waals surface area contributed by atoms with Gasteiger partial charge in [0.05, 0.1) is 11.7 Å². The fourth-order valence-electron chi connectivity index (χ4n) is 6.44. The number of rotatable bonds is 4. The molecule has 40 heavy (non-hydrogen) atoms. The predicted molar refractivity (Wildman–Crippen MR) is 149 cm³/mol. The molecule has 8 rings (SSSR count). The Kier molecular flexibility index (Phi) is 5.03. The molecule has 1 aliphatic carbocycles. The highest BCUT2D eigenvalue weighted by atomic mass is 35.5. The summed E-state index contributed by atoms with van der Waals surface area (Å²) >= 11 is 6.34. The van der Waals surface area contributed by atoms with E-state index in [2.05, 4.69) is 27.1 Å². The van der Waals surface area contributed by atoms with Gasteiger partial charge in [0.2, 0.25) is 5.95 Å². The van der Waals surface area contributed by atoms with Gasteiger partial charge >= 0.3 is 0 Å². The second-order valence-corrected chi connectivity index (χ2v) is 11.3. The average molecular weight is 553 g/mol. The van der Waals surface area contributed by atoms with Gasteiger partial charge in [-0.25, -0.2) is 4.99 Å². The summed E-state index contributed by atoms with van der Waals surface area (Å²) in [6.45, 7) is 4.47. The maximum absolute atomic E-state index is 15.3. The van der Waals surface area contributed by atoms with Gasteiger partial charge in [0.1, 0.15) is 18.7 Å². The van der Waals surface area contributed by atoms with Crippen molar-refractivity contribution in [1.29, 1.82) is 0 Å². The van der Waals surface area contributed by atoms with Crippen molar-refractivity contribution in [3.63, 3.8) is 0 Å². The number of benzene rings is 2. The van der Waals surface area contributed by atoms with Crippen LogP contribution in [0.4, 0.5) is 4.39 Å². The average Bonchev–Trinajstić information content (AvgIpc) is 3.24. The number of hydrogen-bond donors (Lipinski definition) is 0. The fourth-order valence-corrected chi connectivity index (χ4v) is 6.62. The van der Waals surface area contributed by atoms with Crippen molar-refractivity contribution in [2.24, 2.45) is 10.9 Å². The first-order chi connectivity index (χ1) is 19.4. The summed E-state index contributed by atoms with van der Waals surface area (Å²) < 4.78 is 24.5. The Morgan fingerprint density at radius 3 is 2.83 bits per heavy atom. The molecule has 4 aromatic rings. The lowest BCUT2D eigenvalue weighted by molar-refractivity contribution is 0.332. The quantitative estimate of drug-likeness (QED) is 0.247. The summed E-state index contributed by atoms with van der Waals surface area (Å²) in [4.78, 5) is 18.0. The minimum atomic E-state index is -0.490. The van der Waals surface area contributed by atoms with Gasteiger partial charge in [-0.3, -0.25) is 4.79 Å². The topological polar surface area (TPSA) is 87.2 Å². The molecule has 0 bridgehead atoms. The lowest BCUT2D eigenvalue weighted by Crippen LogP contribution is -2.29. The molecule has 2 aromatic carbocycles. The molecule has 3 atom stereocenters. The Morgan fingerprint density at radius 2 is 1.98 bits per heavy atom. The molecule has 198 valence electrons. The summed E-state index contributed by atoms with van der Waals surface area (Å²) in [7, 11) is 0. The minimum Gasteiger partial charge on any atom is -0.489 e. The van der Waals surface area contributed by atoms with Gasteiger partial charge in [0, 0.05) is 52.4 Å². The molecule has 4 aliphatic rings. The number of aromatic nitrogens is 5. The first kappa shape index (κ1) is 23.5. The van der Waals surface area contributed by atoms with Gasteiger partial charge in [-0.05, 0) is 75.4 Å². The maximum atomic E-state index is 15.3. The van der Waals surface area contributed by atoms with Gasteiger partial charge in [0.25, 0.3) is 5.56 Å². The zero-order valence-corrected chi connectivity index (χ0v) is 22.0. The number of allylic oxidation sites excluding steroid dienone is 1. The predicted octanol–water partition coefficient (Wildman–Crippen LogP) is 5.48. The Labute approximate surface area is 233 Å². The Bertz CT molecular complexity index is 1880. The van der Waals surface area contributed by atoms with Crippen LogP contribution in [0.15, 0.2) is 82.7 Å². The third-order valence-corrected chi connectivity index (χ3v) is 8.58. The van der Waals surface area contributed by atoms with E-state index in [1.807, 2.05) is 36.4 Å². The van der Waals surface area contributed by atoms with Crippen LogP contribution in [0.5, 0.6) is 5.75 Å². The van der Waals surface area contributed by atoms with Gasteiger partial charge in [-0.2, -0.15) is 9.07 Å². The van der Waals surface area contributed by atoms with Crippen LogP contribution in [0.25, 0.3) is 22.4 Å². The first-order valence-corrected chi connectivity index (χ1v) is 13.5. The second-order valence-electron chi connectivity index (χ2n) is 10.8. The Hall–Kier alpha value is -4.37. The number of hydrogen-bond acceptors (Lipinski definition) is 6. The van der Waals surface area contributed by atoms with Crippen LogP contribution in [0.1, 0.15) is 41.6 Å². The number of fused-ring (bicyclic) bond motifs is 4. The van der Waals surface area contributed by atoms with Crippen LogP contribution < -0.4 is 10.3 Å². The summed E-state index contributed by atoms with van der Waals surface area (Å²) in [5.41, 5.74) is 7.07. The Morgan fingerprint density at radius 1 is 1.07 bits per heavy atom. The highest BCUT2D eigenvalue weighted by Crippen LogP contribution is 2.60. The molecule has 1 fully saturated rings. The van der Waals surface area contributed by atoms with E-state index in [9.17, 15) is 4.79 Å². The van der Waals surface area contributed by atoms with Crippen molar-refractivity contribution in [3.05, 3.63) is 105 Å². The number of halogens is 2. The van der Waals surface area contributed by atoms with Crippen molar-refractivity contribution in [2.45, 2.75) is 31.2 Å². The lowest BCUT2D eigenvalue weighted by Gasteiger charge is -2.21. The third-order valence-electron chi connectivity index (χ3n) is 8.34. The van der Waals surface area contributed by atoms with Gasteiger partial charge < -0.3 is 9.30 Å². The molecule has 5 heterocycles. The van der Waals surface area contributed by atoms with Crippen LogP contribution >= 0.6 is 11.6 Å². The highest BCUT2D eigenvalue weighted by molar-refractivity contribution is 6.31. The van der Waals surface area contributed by atoms with Crippen LogP contribution in [-0.4, -0.2) is 37.1 Å². The SMILES string of the molecule is C=C1COc2cc(C3=C(F)N=C(C4C5CC5c5cc(-c6cc(Cl)ccc6-n6cnnn6)cc(=O)n54)C3)ccc2C1. The number of aliphatic imine (C=N–C) groups is 1. The van der Waals surface area contributed by atoms with Crippen molar-refractivity contribution in [3.8, 4) is 22.6 Å². The second kappa shape index (κ2) is 8.56. The summed E-state index contributed by atoms with van der Waals surface area (Å²) in [5.74, 6) is 0.729. The molecule has 0 radical (unpaired) electrons. The van der Waals surface area contributed by atoms with E-state index >= 15 is 4.39 Å². The molecule has 0 amide bonds. The monoisotopic (exact) mass is 552 g/mol. The molecule has 1 saturated carbocycles. The van der Waals surface area contributed by atoms with Gasteiger partial charge in [0.15, 0.2) is 0 Å². The fraction of sp³-hybridized carbons (Fsp3) is 0.233. The summed E-state index contributed by atoms with van der Waals surface area (Å²) in [6, 6.07) is 14.6. The molecule has 0 saturated heterocycles. The van der Waals surface area contributed by atoms with E-state index in [1.165, 1.54) is 6.33 Å². The van der Waals surface area contributed by atoms with Crippen molar-refractivity contribution < 1.29 is 9.13 Å². The largest absolute Gasteiger partial charge is 0.489 e. The molecule has 3 aliphatic heterocycles. The molecule has 2 aromatic heterocycles. The summed E-state index contributed by atoms with van der Waals surface area (Å²) in [5, 5.41) is 12.0. The molecule has 8 nitrogen and oxygen atoms in total. The van der Waals surface area contributed by atoms with E-state index in [1.54, 1.807) is 21.4 Å². The molecule has 0 N–H and O–H groups in total. The minimum absolute atomic E-state index is 0.147. The van der Waals surface area contributed by atoms with Crippen LogP contribution in [0.2, 0.25) is 5.02 Å². The first-order valence-electron chi connectivity index (χ1n) is 13.1. The zero-order chi connectivity index (χ0) is 27.1. The number of tetrazole rings is 1. The molecule has 3 unspecified atom stereocenters. The van der Waals surface area contributed by atoms with E-state index < -0.39 is 5.95 Å². The number of nitrogens with zero attached hydrogens (tertiary/aromatic N) is 6. The van der Waals surface area contributed by atoms with E-state index in [4.69, 9.17) is 16.3 Å². The lowest BCUT2D eigenvalue weighted by atomic mass is 9.95. The van der Waals surface area contributed by atoms with Crippen molar-refractivity contribution in [1.82, 2.24) is 24.8 Å². The normalized spacial score (nSPS) is 22.5. The van der Waals surface area contributed by atoms with E-state index in [-0.39, 0.29) is 23.4 Å². The molecule has 0 spiro atoms. The number of pyridine rings is 1. The van der Waals surface area contributed by atoms with Gasteiger partial charge in [-0.15, -0.1) is 5.10 Å². The Balaban J connectivity index is 1.13. The van der Waals surface area contributed by atoms with Crippen molar-refractivity contribution >= 4 is 22.9 Å². The smallest absolute Gasteiger partial charge is 0.251 e. The zero-order valence-electron chi connectivity index (χ0n) is 21.2. The standard InChI is InChI=1S/C30H22ClFN6O2/c1-15-6-17-3-2-16(8-27(17)40-13-15)21-12-24(34-30(21)32)29-23-11-22(23)26-7-18(9-28(39)38(26)29)20-10-19(31)4-5-25(20)37-14-33-35-36-37/h2-5,7-10,14,22-23,29H,1,6,11-13H2. The molecular formula is C30H22ClFN6O2. The van der Waals surface area contributed by atoms with E-state index in [0.717, 1.165) is 57.8 Å².